The Labute approximate surface area is 208 Å². The molecule has 0 saturated carbocycles. The zero-order valence-electron chi connectivity index (χ0n) is 23.0. The Morgan fingerprint density at radius 1 is 0.576 bits per heavy atom. The van der Waals surface area contributed by atoms with Crippen LogP contribution in [0.3, 0.4) is 0 Å². The lowest BCUT2D eigenvalue weighted by Crippen LogP contribution is -2.32. The van der Waals surface area contributed by atoms with Crippen LogP contribution in [0.25, 0.3) is 0 Å². The highest BCUT2D eigenvalue weighted by atomic mass is 16.5. The van der Waals surface area contributed by atoms with E-state index in [0.717, 1.165) is 31.6 Å². The van der Waals surface area contributed by atoms with Crippen molar-refractivity contribution in [3.05, 3.63) is 0 Å². The molecule has 2 N–H and O–H groups in total. The fourth-order valence-electron chi connectivity index (χ4n) is 4.49. The molecule has 0 rings (SSSR count). The number of carbonyl (C=O) groups is 1. The van der Waals surface area contributed by atoms with E-state index in [0.29, 0.717) is 6.61 Å². The minimum absolute atomic E-state index is 0.196. The highest BCUT2D eigenvalue weighted by Gasteiger charge is 2.14. The maximum atomic E-state index is 12.0. The second kappa shape index (κ2) is 26.0. The molecule has 0 bridgehead atoms. The summed E-state index contributed by atoms with van der Waals surface area (Å²) in [5.41, 5.74) is 5.99. The Bertz CT molecular complexity index is 397. The Morgan fingerprint density at radius 3 is 1.36 bits per heavy atom. The van der Waals surface area contributed by atoms with Crippen molar-refractivity contribution in [3.63, 3.8) is 0 Å². The monoisotopic (exact) mass is 467 g/mol. The molecule has 3 nitrogen and oxygen atoms in total. The summed E-state index contributed by atoms with van der Waals surface area (Å²) in [6, 6.07) is -0.426. The molecule has 33 heavy (non-hydrogen) atoms. The van der Waals surface area contributed by atoms with E-state index in [1.165, 1.54) is 122 Å². The Kier molecular flexibility index (Phi) is 25.6. The molecular weight excluding hydrogens is 406 g/mol. The maximum Gasteiger partial charge on any atom is 0.322 e. The Balaban J connectivity index is 3.27. The van der Waals surface area contributed by atoms with Gasteiger partial charge in [-0.25, -0.2) is 0 Å². The molecule has 0 aromatic heterocycles. The van der Waals surface area contributed by atoms with Gasteiger partial charge in [0.1, 0.15) is 6.04 Å². The van der Waals surface area contributed by atoms with E-state index in [4.69, 9.17) is 10.5 Å². The van der Waals surface area contributed by atoms with Crippen LogP contribution in [0.5, 0.6) is 0 Å². The molecule has 0 aliphatic rings. The number of ether oxygens (including phenoxy) is 1. The van der Waals surface area contributed by atoms with Crippen molar-refractivity contribution in [2.75, 3.05) is 6.61 Å². The van der Waals surface area contributed by atoms with E-state index in [1.54, 1.807) is 0 Å². The van der Waals surface area contributed by atoms with Gasteiger partial charge in [0.2, 0.25) is 0 Å². The van der Waals surface area contributed by atoms with E-state index in [9.17, 15) is 4.79 Å². The number of hydrogen-bond donors (Lipinski definition) is 1. The summed E-state index contributed by atoms with van der Waals surface area (Å²) in [6.07, 6.45) is 29.8. The topological polar surface area (TPSA) is 52.3 Å². The lowest BCUT2D eigenvalue weighted by molar-refractivity contribution is -0.145. The standard InChI is InChI=1S/C30H61NO2/c1-4-5-6-7-8-17-20-23-26-29(31)30(32)33-27-24-21-18-15-13-11-9-10-12-14-16-19-22-25-28(2)3/h28-29H,4-27,31H2,1-3H3. The molecule has 0 fully saturated rings. The lowest BCUT2D eigenvalue weighted by atomic mass is 10.0. The van der Waals surface area contributed by atoms with Crippen molar-refractivity contribution >= 4 is 5.97 Å². The largest absolute Gasteiger partial charge is 0.465 e. The van der Waals surface area contributed by atoms with Crippen LogP contribution < -0.4 is 5.73 Å². The second-order valence-electron chi connectivity index (χ2n) is 10.8. The third-order valence-electron chi connectivity index (χ3n) is 6.84. The number of hydrogen-bond acceptors (Lipinski definition) is 3. The molecule has 0 radical (unpaired) electrons. The van der Waals surface area contributed by atoms with Crippen molar-refractivity contribution in [1.82, 2.24) is 0 Å². The molecule has 0 heterocycles. The number of esters is 1. The van der Waals surface area contributed by atoms with Crippen LogP contribution in [0.2, 0.25) is 0 Å². The first kappa shape index (κ1) is 32.4. The van der Waals surface area contributed by atoms with Gasteiger partial charge in [0.25, 0.3) is 0 Å². The maximum absolute atomic E-state index is 12.0. The van der Waals surface area contributed by atoms with Gasteiger partial charge in [0.05, 0.1) is 6.61 Å². The predicted octanol–water partition coefficient (Wildman–Crippen LogP) is 9.51. The van der Waals surface area contributed by atoms with Gasteiger partial charge in [0, 0.05) is 0 Å². The van der Waals surface area contributed by atoms with E-state index in [1.807, 2.05) is 0 Å². The van der Waals surface area contributed by atoms with Crippen LogP contribution in [0.1, 0.15) is 168 Å². The molecule has 0 spiro atoms. The fraction of sp³-hybridized carbons (Fsp3) is 0.967. The third kappa shape index (κ3) is 25.9. The smallest absolute Gasteiger partial charge is 0.322 e. The van der Waals surface area contributed by atoms with E-state index in [2.05, 4.69) is 20.8 Å². The minimum atomic E-state index is -0.426. The zero-order chi connectivity index (χ0) is 24.4. The Morgan fingerprint density at radius 2 is 0.939 bits per heavy atom. The molecule has 0 saturated heterocycles. The van der Waals surface area contributed by atoms with Gasteiger partial charge in [-0.3, -0.25) is 4.79 Å². The Hall–Kier alpha value is -0.570. The molecule has 1 unspecified atom stereocenters. The van der Waals surface area contributed by atoms with Gasteiger partial charge in [-0.15, -0.1) is 0 Å². The quantitative estimate of drug-likeness (QED) is 0.102. The van der Waals surface area contributed by atoms with Crippen LogP contribution in [-0.2, 0) is 9.53 Å². The molecule has 0 aromatic rings. The van der Waals surface area contributed by atoms with E-state index in [-0.39, 0.29) is 5.97 Å². The number of unbranched alkanes of at least 4 members (excludes halogenated alkanes) is 19. The third-order valence-corrected chi connectivity index (χ3v) is 6.84. The van der Waals surface area contributed by atoms with Gasteiger partial charge < -0.3 is 10.5 Å². The first-order valence-electron chi connectivity index (χ1n) is 15.0. The van der Waals surface area contributed by atoms with Crippen LogP contribution in [0.4, 0.5) is 0 Å². The van der Waals surface area contributed by atoms with Gasteiger partial charge >= 0.3 is 5.97 Å². The summed E-state index contributed by atoms with van der Waals surface area (Å²) in [4.78, 5) is 12.0. The highest BCUT2D eigenvalue weighted by molar-refractivity contribution is 5.75. The van der Waals surface area contributed by atoms with Crippen LogP contribution in [-0.4, -0.2) is 18.6 Å². The fourth-order valence-corrected chi connectivity index (χ4v) is 4.49. The summed E-state index contributed by atoms with van der Waals surface area (Å²) in [5, 5.41) is 0. The number of rotatable bonds is 26. The average molecular weight is 468 g/mol. The second-order valence-corrected chi connectivity index (χ2v) is 10.8. The summed E-state index contributed by atoms with van der Waals surface area (Å²) in [7, 11) is 0. The summed E-state index contributed by atoms with van der Waals surface area (Å²) in [6.45, 7) is 7.44. The first-order valence-corrected chi connectivity index (χ1v) is 15.0. The molecule has 0 aliphatic carbocycles. The van der Waals surface area contributed by atoms with Crippen LogP contribution >= 0.6 is 0 Å². The average Bonchev–Trinajstić information content (AvgIpc) is 2.80. The van der Waals surface area contributed by atoms with Crippen molar-refractivity contribution in [1.29, 1.82) is 0 Å². The first-order chi connectivity index (χ1) is 16.1. The van der Waals surface area contributed by atoms with E-state index < -0.39 is 6.04 Å². The van der Waals surface area contributed by atoms with Crippen LogP contribution in [0.15, 0.2) is 0 Å². The summed E-state index contributed by atoms with van der Waals surface area (Å²) in [5.74, 6) is 0.672. The molecule has 3 heteroatoms. The van der Waals surface area contributed by atoms with Gasteiger partial charge in [0.15, 0.2) is 0 Å². The lowest BCUT2D eigenvalue weighted by Gasteiger charge is -2.11. The molecule has 1 atom stereocenters. The summed E-state index contributed by atoms with van der Waals surface area (Å²) >= 11 is 0. The molecule has 198 valence electrons. The van der Waals surface area contributed by atoms with Gasteiger partial charge in [-0.1, -0.05) is 156 Å². The van der Waals surface area contributed by atoms with E-state index >= 15 is 0 Å². The number of carbonyl (C=O) groups excluding carboxylic acids is 1. The normalized spacial score (nSPS) is 12.4. The van der Waals surface area contributed by atoms with Crippen molar-refractivity contribution in [2.24, 2.45) is 11.7 Å². The molecule has 0 aromatic carbocycles. The molecule has 0 aliphatic heterocycles. The predicted molar refractivity (Wildman–Crippen MR) is 146 cm³/mol. The highest BCUT2D eigenvalue weighted by Crippen LogP contribution is 2.15. The van der Waals surface area contributed by atoms with Crippen molar-refractivity contribution in [3.8, 4) is 0 Å². The molecule has 0 amide bonds. The van der Waals surface area contributed by atoms with Gasteiger partial charge in [-0.2, -0.15) is 0 Å². The van der Waals surface area contributed by atoms with Crippen molar-refractivity contribution < 1.29 is 9.53 Å². The zero-order valence-corrected chi connectivity index (χ0v) is 23.0. The van der Waals surface area contributed by atoms with Crippen molar-refractivity contribution in [2.45, 2.75) is 174 Å². The summed E-state index contributed by atoms with van der Waals surface area (Å²) < 4.78 is 5.38. The minimum Gasteiger partial charge on any atom is -0.465 e. The number of nitrogens with two attached hydrogens (primary N) is 1. The van der Waals surface area contributed by atoms with Gasteiger partial charge in [-0.05, 0) is 18.8 Å². The SMILES string of the molecule is CCCCCCCCCCC(N)C(=O)OCCCCCCCCCCCCCCCC(C)C. The molecular formula is C30H61NO2. The van der Waals surface area contributed by atoms with Crippen LogP contribution in [0, 0.1) is 5.92 Å².